The highest BCUT2D eigenvalue weighted by atomic mass is 32.2. The third-order valence-electron chi connectivity index (χ3n) is 2.72. The first-order valence-electron chi connectivity index (χ1n) is 6.30. The quantitative estimate of drug-likeness (QED) is 0.852. The van der Waals surface area contributed by atoms with Crippen molar-refractivity contribution in [1.29, 1.82) is 0 Å². The first-order valence-corrected chi connectivity index (χ1v) is 8.33. The number of benzene rings is 1. The SMILES string of the molecule is Cc1cccc(CSCC(=O)Nc2ccsc2C(=O)O)c1. The van der Waals surface area contributed by atoms with Crippen LogP contribution in [0.1, 0.15) is 20.8 Å². The van der Waals surface area contributed by atoms with Crippen molar-refractivity contribution in [2.45, 2.75) is 12.7 Å². The lowest BCUT2D eigenvalue weighted by Crippen LogP contribution is -2.15. The molecule has 1 amide bonds. The fourth-order valence-electron chi connectivity index (χ4n) is 1.82. The first kappa shape index (κ1) is 15.6. The molecule has 2 N–H and O–H groups in total. The maximum absolute atomic E-state index is 11.8. The van der Waals surface area contributed by atoms with Gasteiger partial charge in [-0.1, -0.05) is 29.8 Å². The molecular weight excluding hydrogens is 306 g/mol. The molecule has 1 aromatic heterocycles. The van der Waals surface area contributed by atoms with Gasteiger partial charge < -0.3 is 10.4 Å². The Morgan fingerprint density at radius 1 is 1.33 bits per heavy atom. The number of carboxylic acid groups (broad SMARTS) is 1. The van der Waals surface area contributed by atoms with Gasteiger partial charge in [0.15, 0.2) is 0 Å². The van der Waals surface area contributed by atoms with E-state index in [2.05, 4.69) is 11.4 Å². The molecule has 1 aromatic carbocycles. The summed E-state index contributed by atoms with van der Waals surface area (Å²) >= 11 is 2.60. The van der Waals surface area contributed by atoms with Crippen LogP contribution in [0.4, 0.5) is 5.69 Å². The van der Waals surface area contributed by atoms with E-state index in [1.165, 1.54) is 22.9 Å². The topological polar surface area (TPSA) is 66.4 Å². The number of nitrogens with one attached hydrogen (secondary N) is 1. The molecule has 0 fully saturated rings. The summed E-state index contributed by atoms with van der Waals surface area (Å²) in [5.74, 6) is -0.158. The van der Waals surface area contributed by atoms with Gasteiger partial charge in [0.25, 0.3) is 0 Å². The predicted octanol–water partition coefficient (Wildman–Crippen LogP) is 3.63. The minimum absolute atomic E-state index is 0.159. The van der Waals surface area contributed by atoms with E-state index in [0.717, 1.165) is 17.1 Å². The second kappa shape index (κ2) is 7.28. The normalized spacial score (nSPS) is 10.3. The van der Waals surface area contributed by atoms with E-state index >= 15 is 0 Å². The maximum atomic E-state index is 11.8. The summed E-state index contributed by atoms with van der Waals surface area (Å²) in [6, 6.07) is 9.75. The van der Waals surface area contributed by atoms with Gasteiger partial charge in [0, 0.05) is 5.75 Å². The lowest BCUT2D eigenvalue weighted by molar-refractivity contribution is -0.113. The molecule has 4 nitrogen and oxygen atoms in total. The Kier molecular flexibility index (Phi) is 5.41. The minimum atomic E-state index is -1.02. The van der Waals surface area contributed by atoms with E-state index in [0.29, 0.717) is 11.4 Å². The number of aromatic carboxylic acids is 1. The Morgan fingerprint density at radius 3 is 2.86 bits per heavy atom. The number of thioether (sulfide) groups is 1. The van der Waals surface area contributed by atoms with Gasteiger partial charge in [-0.2, -0.15) is 0 Å². The molecular formula is C15H15NO3S2. The maximum Gasteiger partial charge on any atom is 0.348 e. The van der Waals surface area contributed by atoms with Crippen LogP contribution in [0.5, 0.6) is 0 Å². The smallest absolute Gasteiger partial charge is 0.348 e. The largest absolute Gasteiger partial charge is 0.477 e. The number of amides is 1. The van der Waals surface area contributed by atoms with Gasteiger partial charge in [-0.3, -0.25) is 4.79 Å². The van der Waals surface area contributed by atoms with E-state index in [4.69, 9.17) is 5.11 Å². The standard InChI is InChI=1S/C15H15NO3S2/c1-10-3-2-4-11(7-10)8-20-9-13(17)16-12-5-6-21-14(12)15(18)19/h2-7H,8-9H2,1H3,(H,16,17)(H,18,19). The van der Waals surface area contributed by atoms with Crippen LogP contribution in [0.25, 0.3) is 0 Å². The van der Waals surface area contributed by atoms with Crippen molar-refractivity contribution in [1.82, 2.24) is 0 Å². The second-order valence-corrected chi connectivity index (χ2v) is 6.40. The molecule has 0 aliphatic rings. The molecule has 0 saturated heterocycles. The third-order valence-corrected chi connectivity index (χ3v) is 4.62. The number of rotatable bonds is 6. The fraction of sp³-hybridized carbons (Fsp3) is 0.200. The molecule has 2 aromatic rings. The average Bonchev–Trinajstić information content (AvgIpc) is 2.87. The number of carbonyl (C=O) groups is 2. The molecule has 0 spiro atoms. The predicted molar refractivity (Wildman–Crippen MR) is 87.2 cm³/mol. The van der Waals surface area contributed by atoms with Gasteiger partial charge in [-0.15, -0.1) is 23.1 Å². The highest BCUT2D eigenvalue weighted by Gasteiger charge is 2.13. The van der Waals surface area contributed by atoms with Crippen LogP contribution in [-0.4, -0.2) is 22.7 Å². The van der Waals surface area contributed by atoms with E-state index < -0.39 is 5.97 Å². The molecule has 0 unspecified atom stereocenters. The zero-order valence-electron chi connectivity index (χ0n) is 11.5. The molecule has 1 heterocycles. The molecule has 6 heteroatoms. The minimum Gasteiger partial charge on any atom is -0.477 e. The number of thiophene rings is 1. The zero-order valence-corrected chi connectivity index (χ0v) is 13.1. The third kappa shape index (κ3) is 4.61. The Morgan fingerprint density at radius 2 is 2.14 bits per heavy atom. The molecule has 21 heavy (non-hydrogen) atoms. The summed E-state index contributed by atoms with van der Waals surface area (Å²) in [5.41, 5.74) is 2.74. The van der Waals surface area contributed by atoms with Crippen LogP contribution in [0, 0.1) is 6.92 Å². The molecule has 0 aliphatic carbocycles. The number of hydrogen-bond donors (Lipinski definition) is 2. The fourth-order valence-corrected chi connectivity index (χ4v) is 3.29. The molecule has 0 atom stereocenters. The molecule has 0 saturated carbocycles. The lowest BCUT2D eigenvalue weighted by atomic mass is 10.2. The van der Waals surface area contributed by atoms with Crippen LogP contribution in [0.3, 0.4) is 0 Å². The van der Waals surface area contributed by atoms with Crippen LogP contribution in [0.2, 0.25) is 0 Å². The number of carbonyl (C=O) groups excluding carboxylic acids is 1. The monoisotopic (exact) mass is 321 g/mol. The van der Waals surface area contributed by atoms with Crippen molar-refractivity contribution < 1.29 is 14.7 Å². The number of aryl methyl sites for hydroxylation is 1. The van der Waals surface area contributed by atoms with Crippen molar-refractivity contribution in [3.8, 4) is 0 Å². The average molecular weight is 321 g/mol. The molecule has 0 aliphatic heterocycles. The lowest BCUT2D eigenvalue weighted by Gasteiger charge is -2.05. The molecule has 2 rings (SSSR count). The highest BCUT2D eigenvalue weighted by Crippen LogP contribution is 2.22. The Balaban J connectivity index is 1.82. The van der Waals surface area contributed by atoms with E-state index in [1.807, 2.05) is 25.1 Å². The second-order valence-electron chi connectivity index (χ2n) is 4.50. The summed E-state index contributed by atoms with van der Waals surface area (Å²) in [7, 11) is 0. The van der Waals surface area contributed by atoms with E-state index in [1.54, 1.807) is 11.4 Å². The van der Waals surface area contributed by atoms with Crippen LogP contribution >= 0.6 is 23.1 Å². The summed E-state index contributed by atoms with van der Waals surface area (Å²) < 4.78 is 0. The van der Waals surface area contributed by atoms with Gasteiger partial charge in [0.05, 0.1) is 11.4 Å². The van der Waals surface area contributed by atoms with Crippen LogP contribution < -0.4 is 5.32 Å². The number of hydrogen-bond acceptors (Lipinski definition) is 4. The van der Waals surface area contributed by atoms with Crippen LogP contribution in [-0.2, 0) is 10.5 Å². The Labute approximate surface area is 131 Å². The van der Waals surface area contributed by atoms with Crippen LogP contribution in [0.15, 0.2) is 35.7 Å². The Bertz CT molecular complexity index is 652. The van der Waals surface area contributed by atoms with E-state index in [9.17, 15) is 9.59 Å². The summed E-state index contributed by atoms with van der Waals surface area (Å²) in [6.45, 7) is 2.03. The van der Waals surface area contributed by atoms with Crippen molar-refractivity contribution in [2.75, 3.05) is 11.1 Å². The number of carboxylic acids is 1. The van der Waals surface area contributed by atoms with Crippen molar-refractivity contribution in [2.24, 2.45) is 0 Å². The molecule has 0 radical (unpaired) electrons. The number of anilines is 1. The first-order chi connectivity index (χ1) is 10.1. The van der Waals surface area contributed by atoms with Crippen molar-refractivity contribution in [3.05, 3.63) is 51.7 Å². The summed E-state index contributed by atoms with van der Waals surface area (Å²) in [5, 5.41) is 13.3. The summed E-state index contributed by atoms with van der Waals surface area (Å²) in [4.78, 5) is 22.9. The van der Waals surface area contributed by atoms with Crippen molar-refractivity contribution in [3.63, 3.8) is 0 Å². The van der Waals surface area contributed by atoms with Gasteiger partial charge >= 0.3 is 5.97 Å². The van der Waals surface area contributed by atoms with Gasteiger partial charge in [0.1, 0.15) is 4.88 Å². The van der Waals surface area contributed by atoms with Crippen molar-refractivity contribution >= 4 is 40.7 Å². The summed E-state index contributed by atoms with van der Waals surface area (Å²) in [6.07, 6.45) is 0. The molecule has 0 bridgehead atoms. The van der Waals surface area contributed by atoms with Gasteiger partial charge in [0.2, 0.25) is 5.91 Å². The Hall–Kier alpha value is -1.79. The molecule has 110 valence electrons. The highest BCUT2D eigenvalue weighted by molar-refractivity contribution is 7.99. The zero-order chi connectivity index (χ0) is 15.2. The van der Waals surface area contributed by atoms with Gasteiger partial charge in [-0.05, 0) is 23.9 Å². The van der Waals surface area contributed by atoms with E-state index in [-0.39, 0.29) is 10.8 Å². The van der Waals surface area contributed by atoms with Gasteiger partial charge in [-0.25, -0.2) is 4.79 Å².